The summed E-state index contributed by atoms with van der Waals surface area (Å²) in [7, 11) is 0. The van der Waals surface area contributed by atoms with E-state index >= 15 is 0 Å². The molecule has 0 fully saturated rings. The molecule has 0 heterocycles. The van der Waals surface area contributed by atoms with Gasteiger partial charge in [-0.1, -0.05) is 42.5 Å². The number of rotatable bonds is 8. The molecule has 0 aliphatic rings. The largest absolute Gasteiger partial charge is 0.494 e. The minimum Gasteiger partial charge on any atom is -0.494 e. The van der Waals surface area contributed by atoms with Crippen LogP contribution >= 0.6 is 0 Å². The third-order valence-electron chi connectivity index (χ3n) is 4.06. The van der Waals surface area contributed by atoms with Crippen LogP contribution in [-0.2, 0) is 11.2 Å². The molecule has 0 saturated carbocycles. The molecular weight excluding hydrogens is 326 g/mol. The third-order valence-corrected chi connectivity index (χ3v) is 4.06. The van der Waals surface area contributed by atoms with Gasteiger partial charge in [-0.25, -0.2) is 0 Å². The Bertz CT molecular complexity index is 853. The van der Waals surface area contributed by atoms with Gasteiger partial charge in [0.25, 0.3) is 0 Å². The SMILES string of the molecule is CCOc1ccc(OCCNC(=O)Cc2cccc3ccccc23)cc1. The predicted octanol–water partition coefficient (Wildman–Crippen LogP) is 3.98. The Morgan fingerprint density at radius 3 is 2.35 bits per heavy atom. The molecule has 1 N–H and O–H groups in total. The highest BCUT2D eigenvalue weighted by molar-refractivity contribution is 5.90. The maximum absolute atomic E-state index is 12.2. The minimum atomic E-state index is -0.00310. The Kier molecular flexibility index (Phi) is 6.09. The predicted molar refractivity (Wildman–Crippen MR) is 104 cm³/mol. The lowest BCUT2D eigenvalue weighted by molar-refractivity contribution is -0.120. The monoisotopic (exact) mass is 349 g/mol. The molecule has 4 nitrogen and oxygen atoms in total. The quantitative estimate of drug-likeness (QED) is 0.626. The Morgan fingerprint density at radius 1 is 0.885 bits per heavy atom. The van der Waals surface area contributed by atoms with E-state index < -0.39 is 0 Å². The number of ether oxygens (including phenoxy) is 2. The van der Waals surface area contributed by atoms with Gasteiger partial charge in [0.15, 0.2) is 0 Å². The second-order valence-electron chi connectivity index (χ2n) is 5.92. The molecule has 3 aromatic carbocycles. The molecule has 0 saturated heterocycles. The summed E-state index contributed by atoms with van der Waals surface area (Å²) < 4.78 is 11.0. The minimum absolute atomic E-state index is 0.00310. The van der Waals surface area contributed by atoms with Crippen LogP contribution in [0.2, 0.25) is 0 Å². The van der Waals surface area contributed by atoms with Gasteiger partial charge < -0.3 is 14.8 Å². The van der Waals surface area contributed by atoms with Crippen molar-refractivity contribution in [2.75, 3.05) is 19.8 Å². The summed E-state index contributed by atoms with van der Waals surface area (Å²) in [5.74, 6) is 1.58. The molecule has 0 atom stereocenters. The Labute approximate surface area is 153 Å². The average Bonchev–Trinajstić information content (AvgIpc) is 2.67. The molecule has 0 spiro atoms. The molecule has 3 aromatic rings. The highest BCUT2D eigenvalue weighted by Crippen LogP contribution is 2.19. The summed E-state index contributed by atoms with van der Waals surface area (Å²) in [4.78, 5) is 12.2. The molecule has 0 aliphatic carbocycles. The summed E-state index contributed by atoms with van der Waals surface area (Å²) >= 11 is 0. The van der Waals surface area contributed by atoms with Crippen molar-refractivity contribution in [1.29, 1.82) is 0 Å². The average molecular weight is 349 g/mol. The molecule has 26 heavy (non-hydrogen) atoms. The second kappa shape index (κ2) is 8.90. The summed E-state index contributed by atoms with van der Waals surface area (Å²) in [5.41, 5.74) is 1.04. The van der Waals surface area contributed by atoms with Gasteiger partial charge in [-0.05, 0) is 47.5 Å². The van der Waals surface area contributed by atoms with E-state index in [0.717, 1.165) is 27.8 Å². The first kappa shape index (κ1) is 17.8. The zero-order valence-electron chi connectivity index (χ0n) is 14.9. The van der Waals surface area contributed by atoms with Crippen LogP contribution in [0.3, 0.4) is 0 Å². The van der Waals surface area contributed by atoms with E-state index in [-0.39, 0.29) is 5.91 Å². The molecule has 3 rings (SSSR count). The molecule has 4 heteroatoms. The highest BCUT2D eigenvalue weighted by Gasteiger charge is 2.06. The van der Waals surface area contributed by atoms with Gasteiger partial charge >= 0.3 is 0 Å². The van der Waals surface area contributed by atoms with Crippen LogP contribution in [0.1, 0.15) is 12.5 Å². The lowest BCUT2D eigenvalue weighted by Gasteiger charge is -2.10. The number of benzene rings is 3. The van der Waals surface area contributed by atoms with Crippen LogP contribution < -0.4 is 14.8 Å². The van der Waals surface area contributed by atoms with Gasteiger partial charge in [0, 0.05) is 0 Å². The summed E-state index contributed by atoms with van der Waals surface area (Å²) in [6.07, 6.45) is 0.365. The zero-order valence-corrected chi connectivity index (χ0v) is 14.9. The fourth-order valence-electron chi connectivity index (χ4n) is 2.84. The van der Waals surface area contributed by atoms with Crippen LogP contribution in [0.15, 0.2) is 66.7 Å². The fourth-order valence-corrected chi connectivity index (χ4v) is 2.84. The van der Waals surface area contributed by atoms with E-state index in [2.05, 4.69) is 17.4 Å². The van der Waals surface area contributed by atoms with Crippen molar-refractivity contribution < 1.29 is 14.3 Å². The molecule has 0 aliphatic heterocycles. The van der Waals surface area contributed by atoms with Crippen LogP contribution in [0.5, 0.6) is 11.5 Å². The summed E-state index contributed by atoms with van der Waals surface area (Å²) in [5, 5.41) is 5.18. The summed E-state index contributed by atoms with van der Waals surface area (Å²) in [6.45, 7) is 3.49. The molecule has 134 valence electrons. The van der Waals surface area contributed by atoms with Crippen LogP contribution in [-0.4, -0.2) is 25.7 Å². The fraction of sp³-hybridized carbons (Fsp3) is 0.227. The van der Waals surface area contributed by atoms with Gasteiger partial charge in [-0.3, -0.25) is 4.79 Å². The number of amides is 1. The topological polar surface area (TPSA) is 47.6 Å². The van der Waals surface area contributed by atoms with Crippen LogP contribution in [0.25, 0.3) is 10.8 Å². The van der Waals surface area contributed by atoms with Gasteiger partial charge in [-0.15, -0.1) is 0 Å². The van der Waals surface area contributed by atoms with Gasteiger partial charge in [0.1, 0.15) is 18.1 Å². The molecule has 0 radical (unpaired) electrons. The second-order valence-corrected chi connectivity index (χ2v) is 5.92. The number of hydrogen-bond donors (Lipinski definition) is 1. The van der Waals surface area contributed by atoms with Crippen LogP contribution in [0.4, 0.5) is 0 Å². The number of fused-ring (bicyclic) bond motifs is 1. The Hall–Kier alpha value is -3.01. The summed E-state index contributed by atoms with van der Waals surface area (Å²) in [6, 6.07) is 21.6. The smallest absolute Gasteiger partial charge is 0.224 e. The van der Waals surface area contributed by atoms with E-state index in [4.69, 9.17) is 9.47 Å². The third kappa shape index (κ3) is 4.76. The van der Waals surface area contributed by atoms with Gasteiger partial charge in [0.2, 0.25) is 5.91 Å². The highest BCUT2D eigenvalue weighted by atomic mass is 16.5. The number of nitrogens with one attached hydrogen (secondary N) is 1. The molecule has 1 amide bonds. The van der Waals surface area contributed by atoms with Crippen molar-refractivity contribution >= 4 is 16.7 Å². The number of hydrogen-bond acceptors (Lipinski definition) is 3. The van der Waals surface area contributed by atoms with Gasteiger partial charge in [-0.2, -0.15) is 0 Å². The lowest BCUT2D eigenvalue weighted by atomic mass is 10.0. The Balaban J connectivity index is 1.45. The van der Waals surface area contributed by atoms with Crippen molar-refractivity contribution in [2.24, 2.45) is 0 Å². The molecular formula is C22H23NO3. The van der Waals surface area contributed by atoms with E-state index in [1.807, 2.05) is 61.5 Å². The molecule has 0 unspecified atom stereocenters. The first-order valence-corrected chi connectivity index (χ1v) is 8.85. The standard InChI is InChI=1S/C22H23NO3/c1-2-25-19-10-12-20(13-11-19)26-15-14-23-22(24)16-18-8-5-7-17-6-3-4-9-21(17)18/h3-13H,2,14-16H2,1H3,(H,23,24). The van der Waals surface area contributed by atoms with Crippen molar-refractivity contribution in [1.82, 2.24) is 5.32 Å². The van der Waals surface area contributed by atoms with Crippen molar-refractivity contribution in [2.45, 2.75) is 13.3 Å². The maximum atomic E-state index is 12.2. The number of carbonyl (C=O) groups is 1. The van der Waals surface area contributed by atoms with Crippen LogP contribution in [0, 0.1) is 0 Å². The number of carbonyl (C=O) groups excluding carboxylic acids is 1. The molecule has 0 aromatic heterocycles. The zero-order chi connectivity index (χ0) is 18.2. The lowest BCUT2D eigenvalue weighted by Crippen LogP contribution is -2.29. The van der Waals surface area contributed by atoms with E-state index in [1.54, 1.807) is 0 Å². The maximum Gasteiger partial charge on any atom is 0.224 e. The van der Waals surface area contributed by atoms with E-state index in [9.17, 15) is 4.79 Å². The van der Waals surface area contributed by atoms with Gasteiger partial charge in [0.05, 0.1) is 19.6 Å². The molecule has 0 bridgehead atoms. The van der Waals surface area contributed by atoms with Crippen molar-refractivity contribution in [3.05, 3.63) is 72.3 Å². The first-order chi connectivity index (χ1) is 12.8. The van der Waals surface area contributed by atoms with Crippen molar-refractivity contribution in [3.8, 4) is 11.5 Å². The first-order valence-electron chi connectivity index (χ1n) is 8.85. The normalized spacial score (nSPS) is 10.5. The van der Waals surface area contributed by atoms with E-state index in [1.165, 1.54) is 0 Å². The van der Waals surface area contributed by atoms with E-state index in [0.29, 0.717) is 26.2 Å². The Morgan fingerprint density at radius 2 is 1.58 bits per heavy atom. The van der Waals surface area contributed by atoms with Crippen molar-refractivity contribution in [3.63, 3.8) is 0 Å².